The van der Waals surface area contributed by atoms with Crippen LogP contribution in [0.4, 0.5) is 17.1 Å². The monoisotopic (exact) mass is 618 g/mol. The lowest BCUT2D eigenvalue weighted by Crippen LogP contribution is -2.10. The lowest BCUT2D eigenvalue weighted by molar-refractivity contribution is 1.30. The molecule has 1 aromatic heterocycles. The van der Waals surface area contributed by atoms with E-state index in [0.717, 1.165) is 30.9 Å². The molecule has 2 heteroatoms. The normalized spacial score (nSPS) is 16.0. The molecule has 9 rings (SSSR count). The van der Waals surface area contributed by atoms with Crippen LogP contribution in [0.5, 0.6) is 0 Å². The average Bonchev–Trinajstić information content (AvgIpc) is 3.63. The van der Waals surface area contributed by atoms with Gasteiger partial charge in [0.25, 0.3) is 0 Å². The first kappa shape index (κ1) is 15.5. The first-order valence-corrected chi connectivity index (χ1v) is 15.3. The molecule has 0 aliphatic rings. The van der Waals surface area contributed by atoms with E-state index in [1.54, 1.807) is 16.2 Å². The highest BCUT2D eigenvalue weighted by atomic mass is 32.1. The van der Waals surface area contributed by atoms with Crippen LogP contribution in [0.3, 0.4) is 0 Å². The minimum Gasteiger partial charge on any atom is -0.310 e. The molecular weight excluding hydrogens is 575 g/mol. The van der Waals surface area contributed by atoms with Gasteiger partial charge < -0.3 is 4.90 Å². The van der Waals surface area contributed by atoms with Crippen molar-refractivity contribution >= 4 is 70.1 Å². The van der Waals surface area contributed by atoms with Gasteiger partial charge in [-0.25, -0.2) is 0 Å². The average molecular weight is 619 g/mol. The van der Waals surface area contributed by atoms with Gasteiger partial charge in [0, 0.05) is 36.9 Å². The standard InChI is InChI=1S/C44H29NS/c1-2-10-31(11-3-1)37-17-8-14-34-28-33(22-26-38(34)37)30-20-23-35(24-21-30)45(42-18-9-13-32-12-4-5-15-39(32)42)36-25-27-41-40-16-6-7-19-43(40)46-44(41)29-36/h1-29H/i1D,2D,3D,8D,10D,11D,14D,17D,20D,21D,22D,23D,24D,26D,28D. The van der Waals surface area contributed by atoms with Crippen molar-refractivity contribution in [2.24, 2.45) is 0 Å². The summed E-state index contributed by atoms with van der Waals surface area (Å²) in [6.45, 7) is 0. The molecule has 0 aliphatic heterocycles. The highest BCUT2D eigenvalue weighted by Gasteiger charge is 2.17. The van der Waals surface area contributed by atoms with Gasteiger partial charge in [0.05, 0.1) is 26.2 Å². The summed E-state index contributed by atoms with van der Waals surface area (Å²) in [5.41, 5.74) is -1.14. The highest BCUT2D eigenvalue weighted by Crippen LogP contribution is 2.43. The number of hydrogen-bond donors (Lipinski definition) is 0. The molecule has 46 heavy (non-hydrogen) atoms. The Kier molecular flexibility index (Phi) is 3.72. The fourth-order valence-electron chi connectivity index (χ4n) is 5.78. The fourth-order valence-corrected chi connectivity index (χ4v) is 6.92. The molecule has 1 nitrogen and oxygen atoms in total. The molecule has 0 aliphatic carbocycles. The van der Waals surface area contributed by atoms with Crippen molar-refractivity contribution in [2.75, 3.05) is 4.90 Å². The molecule has 0 saturated heterocycles. The summed E-state index contributed by atoms with van der Waals surface area (Å²) in [7, 11) is 0. The Bertz CT molecular complexity index is 3340. The summed E-state index contributed by atoms with van der Waals surface area (Å²) in [5, 5.41) is 2.73. The van der Waals surface area contributed by atoms with Gasteiger partial charge in [-0.1, -0.05) is 133 Å². The number of thiophene rings is 1. The molecule has 0 bridgehead atoms. The van der Waals surface area contributed by atoms with Gasteiger partial charge in [-0.05, 0) is 80.8 Å². The third-order valence-electron chi connectivity index (χ3n) is 7.90. The van der Waals surface area contributed by atoms with Gasteiger partial charge in [0.1, 0.15) is 0 Å². The third kappa shape index (κ3) is 4.54. The lowest BCUT2D eigenvalue weighted by Gasteiger charge is -2.27. The van der Waals surface area contributed by atoms with E-state index in [-0.39, 0.29) is 5.69 Å². The summed E-state index contributed by atoms with van der Waals surface area (Å²) in [4.78, 5) is 1.66. The first-order valence-electron chi connectivity index (χ1n) is 22.0. The molecule has 0 radical (unpaired) electrons. The maximum atomic E-state index is 9.54. The summed E-state index contributed by atoms with van der Waals surface area (Å²) in [5.74, 6) is 0. The minimum absolute atomic E-state index is 0.127. The highest BCUT2D eigenvalue weighted by molar-refractivity contribution is 7.25. The Morgan fingerprint density at radius 2 is 1.22 bits per heavy atom. The smallest absolute Gasteiger partial charge is 0.0645 e. The summed E-state index contributed by atoms with van der Waals surface area (Å²) < 4.78 is 136. The second-order valence-corrected chi connectivity index (χ2v) is 11.7. The molecule has 0 saturated carbocycles. The van der Waals surface area contributed by atoms with E-state index < -0.39 is 124 Å². The van der Waals surface area contributed by atoms with Gasteiger partial charge in [-0.3, -0.25) is 0 Å². The largest absolute Gasteiger partial charge is 0.310 e. The van der Waals surface area contributed by atoms with E-state index in [2.05, 4.69) is 0 Å². The van der Waals surface area contributed by atoms with Crippen LogP contribution in [0, 0.1) is 0 Å². The van der Waals surface area contributed by atoms with Crippen molar-refractivity contribution in [1.82, 2.24) is 0 Å². The summed E-state index contributed by atoms with van der Waals surface area (Å²) >= 11 is 1.57. The predicted octanol–water partition coefficient (Wildman–Crippen LogP) is 13.2. The van der Waals surface area contributed by atoms with E-state index in [0.29, 0.717) is 11.4 Å². The zero-order chi connectivity index (χ0) is 43.5. The van der Waals surface area contributed by atoms with Crippen molar-refractivity contribution in [3.63, 3.8) is 0 Å². The van der Waals surface area contributed by atoms with Gasteiger partial charge in [-0.15, -0.1) is 11.3 Å². The van der Waals surface area contributed by atoms with Crippen molar-refractivity contribution in [1.29, 1.82) is 0 Å². The zero-order valence-electron chi connectivity index (χ0n) is 38.9. The van der Waals surface area contributed by atoms with Crippen LogP contribution in [-0.2, 0) is 0 Å². The topological polar surface area (TPSA) is 3.24 Å². The maximum Gasteiger partial charge on any atom is 0.0645 e. The lowest BCUT2D eigenvalue weighted by atomic mass is 9.95. The van der Waals surface area contributed by atoms with Crippen molar-refractivity contribution in [3.8, 4) is 22.3 Å². The number of benzene rings is 8. The molecular formula is C44H29NS. The van der Waals surface area contributed by atoms with Gasteiger partial charge >= 0.3 is 0 Å². The molecule has 0 spiro atoms. The Labute approximate surface area is 293 Å². The predicted molar refractivity (Wildman–Crippen MR) is 200 cm³/mol. The van der Waals surface area contributed by atoms with Crippen LogP contribution >= 0.6 is 11.3 Å². The second-order valence-electron chi connectivity index (χ2n) is 10.6. The van der Waals surface area contributed by atoms with Crippen LogP contribution in [0.2, 0.25) is 0 Å². The Balaban J connectivity index is 1.34. The van der Waals surface area contributed by atoms with Crippen molar-refractivity contribution < 1.29 is 20.6 Å². The SMILES string of the molecule is [2H]c1c([2H])c([2H])c(-c2c([2H])c([2H])c([2H])c3c([2H])c(-c4c([2H])c([2H])c(N(c5ccc6c(c5)sc5ccccc56)c5cccc6ccccc56)c([2H])c4[2H])c([2H])c([2H])c23)c([2H])c1[2H]. The molecule has 0 amide bonds. The number of anilines is 3. The number of fused-ring (bicyclic) bond motifs is 5. The molecule has 8 aromatic carbocycles. The molecule has 0 unspecified atom stereocenters. The molecule has 0 atom stereocenters. The van der Waals surface area contributed by atoms with E-state index in [4.69, 9.17) is 11.0 Å². The third-order valence-corrected chi connectivity index (χ3v) is 9.03. The van der Waals surface area contributed by atoms with Crippen LogP contribution in [0.25, 0.3) is 64.0 Å². The van der Waals surface area contributed by atoms with Crippen molar-refractivity contribution in [2.45, 2.75) is 0 Å². The van der Waals surface area contributed by atoms with Crippen molar-refractivity contribution in [3.05, 3.63) is 176 Å². The molecule has 1 heterocycles. The van der Waals surface area contributed by atoms with Gasteiger partial charge in [-0.2, -0.15) is 0 Å². The van der Waals surface area contributed by atoms with E-state index in [9.17, 15) is 9.60 Å². The Hall–Kier alpha value is -5.70. The van der Waals surface area contributed by atoms with E-state index >= 15 is 0 Å². The minimum atomic E-state index is -0.790. The van der Waals surface area contributed by atoms with Crippen LogP contribution in [-0.4, -0.2) is 0 Å². The second kappa shape index (κ2) is 11.0. The Morgan fingerprint density at radius 1 is 0.457 bits per heavy atom. The molecule has 9 aromatic rings. The maximum absolute atomic E-state index is 9.54. The molecule has 0 fully saturated rings. The number of rotatable bonds is 5. The summed E-state index contributed by atoms with van der Waals surface area (Å²) in [6, 6.07) is 16.2. The van der Waals surface area contributed by atoms with E-state index in [1.165, 1.54) is 0 Å². The first-order chi connectivity index (χ1) is 29.1. The number of hydrogen-bond acceptors (Lipinski definition) is 2. The summed E-state index contributed by atoms with van der Waals surface area (Å²) in [6.07, 6.45) is 0. The van der Waals surface area contributed by atoms with Crippen LogP contribution in [0.15, 0.2) is 176 Å². The van der Waals surface area contributed by atoms with E-state index in [1.807, 2.05) is 84.9 Å². The van der Waals surface area contributed by atoms with Gasteiger partial charge in [0.2, 0.25) is 0 Å². The molecule has 216 valence electrons. The Morgan fingerprint density at radius 3 is 2.11 bits per heavy atom. The zero-order valence-corrected chi connectivity index (χ0v) is 24.8. The number of nitrogens with zero attached hydrogens (tertiary/aromatic N) is 1. The van der Waals surface area contributed by atoms with Gasteiger partial charge in [0.15, 0.2) is 0 Å². The van der Waals surface area contributed by atoms with Crippen LogP contribution < -0.4 is 4.90 Å². The molecule has 0 N–H and O–H groups in total. The fraction of sp³-hybridized carbons (Fsp3) is 0. The van der Waals surface area contributed by atoms with Crippen LogP contribution in [0.1, 0.15) is 20.6 Å². The quantitative estimate of drug-likeness (QED) is 0.185.